The van der Waals surface area contributed by atoms with E-state index < -0.39 is 0 Å². The number of fused-ring (bicyclic) bond motifs is 1. The van der Waals surface area contributed by atoms with Crippen LogP contribution >= 0.6 is 15.9 Å². The van der Waals surface area contributed by atoms with Crippen molar-refractivity contribution in [2.24, 2.45) is 0 Å². The summed E-state index contributed by atoms with van der Waals surface area (Å²) in [6.07, 6.45) is 1.78. The highest BCUT2D eigenvalue weighted by Crippen LogP contribution is 2.28. The summed E-state index contributed by atoms with van der Waals surface area (Å²) >= 11 is 3.39. The van der Waals surface area contributed by atoms with Crippen molar-refractivity contribution in [3.8, 4) is 5.75 Å². The largest absolute Gasteiger partial charge is 0.508 e. The first kappa shape index (κ1) is 13.9. The van der Waals surface area contributed by atoms with E-state index >= 15 is 0 Å². The molecule has 0 aliphatic rings. The van der Waals surface area contributed by atoms with Crippen molar-refractivity contribution in [3.05, 3.63) is 64.4 Å². The van der Waals surface area contributed by atoms with E-state index in [1.807, 2.05) is 43.3 Å². The predicted molar refractivity (Wildman–Crippen MR) is 89.6 cm³/mol. The van der Waals surface area contributed by atoms with Crippen LogP contribution in [0.2, 0.25) is 0 Å². The lowest BCUT2D eigenvalue weighted by atomic mass is 10.0. The molecule has 0 spiro atoms. The number of rotatable bonds is 3. The van der Waals surface area contributed by atoms with Crippen LogP contribution in [-0.4, -0.2) is 10.1 Å². The first-order valence-electron chi connectivity index (χ1n) is 6.71. The van der Waals surface area contributed by atoms with Crippen LogP contribution in [0.3, 0.4) is 0 Å². The van der Waals surface area contributed by atoms with Crippen LogP contribution in [0.4, 0.5) is 5.69 Å². The summed E-state index contributed by atoms with van der Waals surface area (Å²) in [5.41, 5.74) is 2.90. The topological polar surface area (TPSA) is 45.1 Å². The Kier molecular flexibility index (Phi) is 3.80. The van der Waals surface area contributed by atoms with E-state index in [1.165, 1.54) is 0 Å². The van der Waals surface area contributed by atoms with Crippen LogP contribution in [0.1, 0.15) is 11.1 Å². The summed E-state index contributed by atoms with van der Waals surface area (Å²) in [7, 11) is 0. The van der Waals surface area contributed by atoms with Gasteiger partial charge in [-0.2, -0.15) is 0 Å². The third-order valence-electron chi connectivity index (χ3n) is 3.50. The van der Waals surface area contributed by atoms with Gasteiger partial charge in [0.05, 0.1) is 11.9 Å². The second kappa shape index (κ2) is 5.74. The zero-order chi connectivity index (χ0) is 14.8. The molecule has 0 aliphatic carbocycles. The third kappa shape index (κ3) is 2.85. The van der Waals surface area contributed by atoms with Gasteiger partial charge in [-0.1, -0.05) is 30.3 Å². The third-order valence-corrected chi connectivity index (χ3v) is 4.33. The van der Waals surface area contributed by atoms with Crippen molar-refractivity contribution in [3.63, 3.8) is 0 Å². The zero-order valence-electron chi connectivity index (χ0n) is 11.6. The molecule has 3 rings (SSSR count). The second-order valence-corrected chi connectivity index (χ2v) is 5.72. The van der Waals surface area contributed by atoms with E-state index in [0.717, 1.165) is 32.2 Å². The Hall–Kier alpha value is -2.07. The fourth-order valence-corrected chi connectivity index (χ4v) is 2.57. The number of hydrogen-bond acceptors (Lipinski definition) is 3. The predicted octanol–water partition coefficient (Wildman–Crippen LogP) is 4.62. The Morgan fingerprint density at radius 3 is 2.81 bits per heavy atom. The van der Waals surface area contributed by atoms with Gasteiger partial charge in [0.15, 0.2) is 0 Å². The molecular weight excluding hydrogens is 328 g/mol. The summed E-state index contributed by atoms with van der Waals surface area (Å²) in [5.74, 6) is 0.308. The molecule has 0 aliphatic heterocycles. The van der Waals surface area contributed by atoms with Gasteiger partial charge in [-0.25, -0.2) is 4.98 Å². The molecule has 21 heavy (non-hydrogen) atoms. The van der Waals surface area contributed by atoms with E-state index in [4.69, 9.17) is 0 Å². The van der Waals surface area contributed by atoms with Gasteiger partial charge < -0.3 is 10.4 Å². The summed E-state index contributed by atoms with van der Waals surface area (Å²) in [6, 6.07) is 13.7. The van der Waals surface area contributed by atoms with E-state index in [1.54, 1.807) is 12.3 Å². The van der Waals surface area contributed by atoms with Gasteiger partial charge in [0.1, 0.15) is 10.4 Å². The fraction of sp³-hybridized carbons (Fsp3) is 0.118. The number of halogens is 1. The summed E-state index contributed by atoms with van der Waals surface area (Å²) in [4.78, 5) is 4.27. The first-order chi connectivity index (χ1) is 10.1. The van der Waals surface area contributed by atoms with Crippen LogP contribution in [-0.2, 0) is 6.54 Å². The standard InChI is InChI=1S/C17H15BrN2O/c1-11-8-13(9-20-17(11)18)19-10-15-14-5-3-2-4-12(14)6-7-16(15)21/h2-9,19,21H,10H2,1H3. The highest BCUT2D eigenvalue weighted by molar-refractivity contribution is 9.10. The van der Waals surface area contributed by atoms with Gasteiger partial charge >= 0.3 is 0 Å². The number of aromatic hydroxyl groups is 1. The highest BCUT2D eigenvalue weighted by Gasteiger charge is 2.07. The van der Waals surface area contributed by atoms with Gasteiger partial charge in [0, 0.05) is 12.1 Å². The first-order valence-corrected chi connectivity index (χ1v) is 7.50. The molecule has 0 fully saturated rings. The molecule has 4 heteroatoms. The molecule has 2 aromatic carbocycles. The Morgan fingerprint density at radius 1 is 1.19 bits per heavy atom. The van der Waals surface area contributed by atoms with Crippen molar-refractivity contribution in [2.45, 2.75) is 13.5 Å². The van der Waals surface area contributed by atoms with Crippen molar-refractivity contribution >= 4 is 32.4 Å². The average Bonchev–Trinajstić information content (AvgIpc) is 2.50. The van der Waals surface area contributed by atoms with Crippen LogP contribution in [0, 0.1) is 6.92 Å². The van der Waals surface area contributed by atoms with Crippen molar-refractivity contribution in [2.75, 3.05) is 5.32 Å². The molecule has 106 valence electrons. The Bertz CT molecular complexity index is 802. The summed E-state index contributed by atoms with van der Waals surface area (Å²) in [6.45, 7) is 2.55. The zero-order valence-corrected chi connectivity index (χ0v) is 13.2. The lowest BCUT2D eigenvalue weighted by molar-refractivity contribution is 0.470. The van der Waals surface area contributed by atoms with Crippen LogP contribution in [0.25, 0.3) is 10.8 Å². The maximum absolute atomic E-state index is 10.1. The molecule has 1 aromatic heterocycles. The number of aromatic nitrogens is 1. The normalized spacial score (nSPS) is 10.8. The van der Waals surface area contributed by atoms with Crippen LogP contribution < -0.4 is 5.32 Å². The number of hydrogen-bond donors (Lipinski definition) is 2. The molecule has 0 amide bonds. The number of nitrogens with zero attached hydrogens (tertiary/aromatic N) is 1. The molecule has 0 bridgehead atoms. The lowest BCUT2D eigenvalue weighted by Gasteiger charge is -2.12. The minimum absolute atomic E-state index is 0.308. The van der Waals surface area contributed by atoms with Gasteiger partial charge in [0.25, 0.3) is 0 Å². The summed E-state index contributed by atoms with van der Waals surface area (Å²) < 4.78 is 0.848. The lowest BCUT2D eigenvalue weighted by Crippen LogP contribution is -2.01. The van der Waals surface area contributed by atoms with E-state index in [9.17, 15) is 5.11 Å². The van der Waals surface area contributed by atoms with E-state index in [-0.39, 0.29) is 0 Å². The van der Waals surface area contributed by atoms with Gasteiger partial charge in [-0.05, 0) is 51.3 Å². The van der Waals surface area contributed by atoms with Crippen LogP contribution in [0.15, 0.2) is 53.3 Å². The van der Waals surface area contributed by atoms with Gasteiger partial charge in [-0.3, -0.25) is 0 Å². The average molecular weight is 343 g/mol. The van der Waals surface area contributed by atoms with Gasteiger partial charge in [0.2, 0.25) is 0 Å². The molecule has 2 N–H and O–H groups in total. The smallest absolute Gasteiger partial charge is 0.121 e. The van der Waals surface area contributed by atoms with Crippen molar-refractivity contribution < 1.29 is 5.11 Å². The Morgan fingerprint density at radius 2 is 2.00 bits per heavy atom. The SMILES string of the molecule is Cc1cc(NCc2c(O)ccc3ccccc23)cnc1Br. The molecule has 3 nitrogen and oxygen atoms in total. The molecule has 0 unspecified atom stereocenters. The number of phenolic OH excluding ortho intramolecular Hbond substituents is 1. The maximum Gasteiger partial charge on any atom is 0.121 e. The molecule has 0 atom stereocenters. The van der Waals surface area contributed by atoms with Crippen molar-refractivity contribution in [1.29, 1.82) is 0 Å². The quantitative estimate of drug-likeness (QED) is 0.682. The number of nitrogens with one attached hydrogen (secondary N) is 1. The molecule has 3 aromatic rings. The van der Waals surface area contributed by atoms with Gasteiger partial charge in [-0.15, -0.1) is 0 Å². The fourth-order valence-electron chi connectivity index (χ4n) is 2.36. The monoisotopic (exact) mass is 342 g/mol. The molecule has 0 radical (unpaired) electrons. The highest BCUT2D eigenvalue weighted by atomic mass is 79.9. The van der Waals surface area contributed by atoms with Crippen molar-refractivity contribution in [1.82, 2.24) is 4.98 Å². The molecule has 0 saturated carbocycles. The minimum atomic E-state index is 0.308. The number of pyridine rings is 1. The summed E-state index contributed by atoms with van der Waals surface area (Å²) in [5, 5.41) is 15.6. The Balaban J connectivity index is 1.91. The number of benzene rings is 2. The van der Waals surface area contributed by atoms with Crippen LogP contribution in [0.5, 0.6) is 5.75 Å². The number of phenols is 1. The minimum Gasteiger partial charge on any atom is -0.508 e. The maximum atomic E-state index is 10.1. The Labute approximate surface area is 131 Å². The molecule has 0 saturated heterocycles. The van der Waals surface area contributed by atoms with E-state index in [2.05, 4.69) is 26.2 Å². The second-order valence-electron chi connectivity index (χ2n) is 4.97. The number of aryl methyl sites for hydroxylation is 1. The van der Waals surface area contributed by atoms with E-state index in [0.29, 0.717) is 12.3 Å². The molecule has 1 heterocycles. The number of anilines is 1. The molecular formula is C17H15BrN2O.